The van der Waals surface area contributed by atoms with E-state index < -0.39 is 87.0 Å². The predicted octanol–water partition coefficient (Wildman–Crippen LogP) is 5.56. The van der Waals surface area contributed by atoms with Crippen LogP contribution in [0.1, 0.15) is 20.3 Å². The number of hydrogen-bond acceptors (Lipinski definition) is 4. The minimum absolute atomic E-state index is 0.154. The molecule has 2 aromatic carbocycles. The molecule has 0 saturated carbocycles. The molecule has 0 fully saturated rings. The second-order valence-electron chi connectivity index (χ2n) is 7.65. The van der Waals surface area contributed by atoms with Gasteiger partial charge in [-0.05, 0) is 17.9 Å². The van der Waals surface area contributed by atoms with Gasteiger partial charge < -0.3 is 9.47 Å². The highest BCUT2D eigenvalue weighted by atomic mass is 19.2. The van der Waals surface area contributed by atoms with Crippen molar-refractivity contribution in [2.45, 2.75) is 20.3 Å². The van der Waals surface area contributed by atoms with E-state index in [0.29, 0.717) is 0 Å². The molecule has 35 heavy (non-hydrogen) atoms. The number of rotatable bonds is 6. The van der Waals surface area contributed by atoms with Crippen LogP contribution in [0, 0.1) is 69.5 Å². The zero-order valence-electron chi connectivity index (χ0n) is 17.3. The van der Waals surface area contributed by atoms with Gasteiger partial charge in [0, 0.05) is 0 Å². The third kappa shape index (κ3) is 4.10. The molecule has 0 radical (unpaired) electrons. The van der Waals surface area contributed by atoms with Gasteiger partial charge >= 0.3 is 11.9 Å². The molecule has 0 spiro atoms. The zero-order valence-corrected chi connectivity index (χ0v) is 17.3. The highest BCUT2D eigenvalue weighted by Gasteiger charge is 2.61. The fraction of sp³-hybridized carbons (Fsp3) is 0.238. The summed E-state index contributed by atoms with van der Waals surface area (Å²) in [5.41, 5.74) is -3.06. The molecule has 0 unspecified atom stereocenters. The van der Waals surface area contributed by atoms with Crippen LogP contribution in [0.2, 0.25) is 0 Å². The third-order valence-corrected chi connectivity index (χ3v) is 4.81. The Kier molecular flexibility index (Phi) is 6.61. The van der Waals surface area contributed by atoms with E-state index in [1.54, 1.807) is 13.8 Å². The lowest BCUT2D eigenvalue weighted by molar-refractivity contribution is -0.152. The van der Waals surface area contributed by atoms with E-state index in [2.05, 4.69) is 9.47 Å². The summed E-state index contributed by atoms with van der Waals surface area (Å²) in [6, 6.07) is 0. The molecule has 0 saturated heterocycles. The molecule has 2 aromatic rings. The first-order valence-electron chi connectivity index (χ1n) is 9.36. The van der Waals surface area contributed by atoms with Crippen molar-refractivity contribution in [3.05, 3.63) is 69.8 Å². The quantitative estimate of drug-likeness (QED) is 0.0960. The molecule has 3 rings (SSSR count). The highest BCUT2D eigenvalue weighted by Crippen LogP contribution is 2.50. The van der Waals surface area contributed by atoms with Crippen molar-refractivity contribution in [3.8, 4) is 11.5 Å². The van der Waals surface area contributed by atoms with Crippen molar-refractivity contribution in [1.29, 1.82) is 0 Å². The highest BCUT2D eigenvalue weighted by molar-refractivity contribution is 6.12. The molecule has 0 N–H and O–H groups in total. The summed E-state index contributed by atoms with van der Waals surface area (Å²) in [5, 5.41) is 0. The Bertz CT molecular complexity index is 1160. The van der Waals surface area contributed by atoms with Crippen LogP contribution in [-0.2, 0) is 9.59 Å². The van der Waals surface area contributed by atoms with Crippen LogP contribution in [0.5, 0.6) is 11.5 Å². The summed E-state index contributed by atoms with van der Waals surface area (Å²) in [6.45, 7) is 3.10. The molecule has 188 valence electrons. The number of ether oxygens (including phenoxy) is 2. The lowest BCUT2D eigenvalue weighted by Crippen LogP contribution is -2.37. The number of halogens is 10. The minimum atomic E-state index is -2.81. The van der Waals surface area contributed by atoms with Gasteiger partial charge in [-0.25, -0.2) is 35.9 Å². The van der Waals surface area contributed by atoms with Gasteiger partial charge in [-0.2, -0.15) is 17.6 Å². The number of esters is 2. The van der Waals surface area contributed by atoms with Crippen LogP contribution in [0.3, 0.4) is 0 Å². The van der Waals surface area contributed by atoms with Gasteiger partial charge in [0.25, 0.3) is 0 Å². The normalized spacial score (nSPS) is 14.1. The first-order chi connectivity index (χ1) is 16.2. The van der Waals surface area contributed by atoms with Crippen LogP contribution < -0.4 is 9.47 Å². The van der Waals surface area contributed by atoms with E-state index in [-0.39, 0.29) is 17.9 Å². The van der Waals surface area contributed by atoms with Crippen molar-refractivity contribution >= 4 is 11.9 Å². The van der Waals surface area contributed by atoms with Gasteiger partial charge in [-0.1, -0.05) is 19.9 Å². The maximum absolute atomic E-state index is 13.9. The number of carbonyl (C=O) groups is 2. The Hall–Kier alpha value is -3.58. The lowest BCUT2D eigenvalue weighted by Gasteiger charge is -2.18. The maximum Gasteiger partial charge on any atom is 0.337 e. The predicted molar refractivity (Wildman–Crippen MR) is 93.7 cm³/mol. The van der Waals surface area contributed by atoms with E-state index in [0.717, 1.165) is 6.08 Å². The molecule has 1 aliphatic rings. The fourth-order valence-electron chi connectivity index (χ4n) is 3.04. The first-order valence-corrected chi connectivity index (χ1v) is 9.36. The summed E-state index contributed by atoms with van der Waals surface area (Å²) >= 11 is 0. The van der Waals surface area contributed by atoms with E-state index in [1.807, 2.05) is 0 Å². The van der Waals surface area contributed by atoms with Crippen LogP contribution in [0.15, 0.2) is 11.6 Å². The summed E-state index contributed by atoms with van der Waals surface area (Å²) in [5.74, 6) is -34.0. The molecule has 14 heteroatoms. The zero-order chi connectivity index (χ0) is 26.6. The Morgan fingerprint density at radius 2 is 0.914 bits per heavy atom. The van der Waals surface area contributed by atoms with Gasteiger partial charge in [0.1, 0.15) is 0 Å². The van der Waals surface area contributed by atoms with E-state index in [1.165, 1.54) is 0 Å². The van der Waals surface area contributed by atoms with Gasteiger partial charge in [0.2, 0.25) is 75.1 Å². The molecule has 1 aliphatic carbocycles. The Labute approximate surface area is 188 Å². The van der Waals surface area contributed by atoms with Gasteiger partial charge in [0.15, 0.2) is 0 Å². The Morgan fingerprint density at radius 3 is 1.20 bits per heavy atom. The standard InChI is InChI=1S/C21H10F10O4/c1-5(2)3-6-4-21(6,19(32)34-17-13(28)9(24)7(22)10(25)14(17)29)20(33)35-18-15(30)11(26)8(23)12(27)16(18)31/h4-5H,3H2,1-2H3. The molecule has 0 atom stereocenters. The van der Waals surface area contributed by atoms with Crippen molar-refractivity contribution in [2.24, 2.45) is 11.3 Å². The van der Waals surface area contributed by atoms with Gasteiger partial charge in [0.05, 0.1) is 0 Å². The summed E-state index contributed by atoms with van der Waals surface area (Å²) in [7, 11) is 0. The SMILES string of the molecule is CC(C)CC1=CC1(C(=O)Oc1c(F)c(F)c(F)c(F)c1F)C(=O)Oc1c(F)c(F)c(F)c(F)c1F. The molecule has 0 aromatic heterocycles. The van der Waals surface area contributed by atoms with Gasteiger partial charge in [-0.3, -0.25) is 0 Å². The smallest absolute Gasteiger partial charge is 0.337 e. The topological polar surface area (TPSA) is 52.6 Å². The van der Waals surface area contributed by atoms with E-state index in [9.17, 15) is 53.5 Å². The number of carbonyl (C=O) groups excluding carboxylic acids is 2. The monoisotopic (exact) mass is 516 g/mol. The average Bonchev–Trinajstić information content (AvgIpc) is 3.53. The molecule has 4 nitrogen and oxygen atoms in total. The first kappa shape index (κ1) is 26.0. The second-order valence-corrected chi connectivity index (χ2v) is 7.65. The number of hydrogen-bond donors (Lipinski definition) is 0. The lowest BCUT2D eigenvalue weighted by atomic mass is 9.95. The Morgan fingerprint density at radius 1 is 0.629 bits per heavy atom. The van der Waals surface area contributed by atoms with Crippen LogP contribution >= 0.6 is 0 Å². The summed E-state index contributed by atoms with van der Waals surface area (Å²) < 4.78 is 144. The minimum Gasteiger partial charge on any atom is -0.419 e. The second kappa shape index (κ2) is 8.89. The van der Waals surface area contributed by atoms with Crippen LogP contribution in [0.25, 0.3) is 0 Å². The van der Waals surface area contributed by atoms with Crippen molar-refractivity contribution in [2.75, 3.05) is 0 Å². The molecule has 0 heterocycles. The number of benzene rings is 2. The fourth-order valence-corrected chi connectivity index (χ4v) is 3.04. The van der Waals surface area contributed by atoms with E-state index >= 15 is 0 Å². The third-order valence-electron chi connectivity index (χ3n) is 4.81. The molecular formula is C21H10F10O4. The van der Waals surface area contributed by atoms with Crippen molar-refractivity contribution in [1.82, 2.24) is 0 Å². The largest absolute Gasteiger partial charge is 0.419 e. The molecule has 0 bridgehead atoms. The van der Waals surface area contributed by atoms with Crippen molar-refractivity contribution in [3.63, 3.8) is 0 Å². The maximum atomic E-state index is 13.9. The summed E-state index contributed by atoms with van der Waals surface area (Å²) in [6.07, 6.45) is 0.564. The van der Waals surface area contributed by atoms with E-state index in [4.69, 9.17) is 0 Å². The van der Waals surface area contributed by atoms with Crippen LogP contribution in [-0.4, -0.2) is 11.9 Å². The summed E-state index contributed by atoms with van der Waals surface area (Å²) in [4.78, 5) is 25.3. The Balaban J connectivity index is 2.02. The van der Waals surface area contributed by atoms with Crippen LogP contribution in [0.4, 0.5) is 43.9 Å². The molecule has 0 amide bonds. The average molecular weight is 516 g/mol. The van der Waals surface area contributed by atoms with Crippen molar-refractivity contribution < 1.29 is 63.0 Å². The molecular weight excluding hydrogens is 506 g/mol. The van der Waals surface area contributed by atoms with Gasteiger partial charge in [-0.15, -0.1) is 0 Å². The molecule has 0 aliphatic heterocycles.